The third-order valence-electron chi connectivity index (χ3n) is 24.2. The number of para-hydroxylation sites is 4. The topological polar surface area (TPSA) is 16.3 Å². The van der Waals surface area contributed by atoms with E-state index in [4.69, 9.17) is 11.0 Å². The number of benzene rings is 20. The quantitative estimate of drug-likeness (QED) is 0.0959. The van der Waals surface area contributed by atoms with Gasteiger partial charge in [-0.1, -0.05) is 364 Å². The molecule has 24 rings (SSSR count). The number of fused-ring (bicyclic) bond motifs is 14. The molecule has 0 bridgehead atoms. The first-order chi connectivity index (χ1) is 66.7. The molecular weight excluding hydrogens is 1560 g/mol. The van der Waals surface area contributed by atoms with Crippen molar-refractivity contribution in [3.63, 3.8) is 0 Å². The molecule has 0 atom stereocenters. The summed E-state index contributed by atoms with van der Waals surface area (Å²) in [6.45, 7) is 0. The van der Waals surface area contributed by atoms with Gasteiger partial charge in [-0.25, -0.2) is 0 Å². The molecule has 592 valence electrons. The van der Waals surface area contributed by atoms with E-state index in [1.807, 2.05) is 101 Å². The number of thiophene rings is 2. The van der Waals surface area contributed by atoms with Crippen molar-refractivity contribution in [1.29, 1.82) is 0 Å². The SMILES string of the molecule is [2H]c1c([2H])c([2H])c(-c2ccc(N(c3ccc(-c4ccccc4)cc3)c3ccc(-c4c(-c5ccccc5)c5c6ccccc6n(-c6ccccc6)c5c5c4sc4ccccc45)cc3)cc2)c([2H])c1[2H].[2H]c1c([2H])c([2H])c(-n2c3ccccc3c3c(-c4ccccc4)c(-c4ccc(N(c5ccc(-c6ccccc6)cc5)c5ccc(-c6ccccc6)cc5)cc4)c4sc5ccccc5c4c32)c([2H])c1[2H]. The van der Waals surface area contributed by atoms with Gasteiger partial charge in [0.15, 0.2) is 0 Å². The molecular formula is C120H80N4S2. The highest BCUT2D eigenvalue weighted by molar-refractivity contribution is 7.27. The first-order valence-corrected chi connectivity index (χ1v) is 43.8. The molecule has 0 aliphatic rings. The second kappa shape index (κ2) is 32.5. The van der Waals surface area contributed by atoms with Crippen LogP contribution in [0.2, 0.25) is 0 Å². The van der Waals surface area contributed by atoms with E-state index in [9.17, 15) is 2.74 Å². The predicted molar refractivity (Wildman–Crippen MR) is 540 cm³/mol. The van der Waals surface area contributed by atoms with Gasteiger partial charge in [0.1, 0.15) is 0 Å². The zero-order valence-corrected chi connectivity index (χ0v) is 69.7. The monoisotopic (exact) mass is 1650 g/mol. The fraction of sp³-hybridized carbons (Fsp3) is 0. The lowest BCUT2D eigenvalue weighted by Gasteiger charge is -2.26. The van der Waals surface area contributed by atoms with Crippen molar-refractivity contribution in [3.8, 4) is 100 Å². The molecule has 24 aromatic rings. The minimum absolute atomic E-state index is 0.128. The summed E-state index contributed by atoms with van der Waals surface area (Å²) >= 11 is 3.56. The molecule has 0 N–H and O–H groups in total. The van der Waals surface area contributed by atoms with Gasteiger partial charge in [0, 0.05) is 130 Å². The van der Waals surface area contributed by atoms with Crippen LogP contribution in [0.4, 0.5) is 34.1 Å². The van der Waals surface area contributed by atoms with Crippen LogP contribution in [0, 0.1) is 0 Å². The molecule has 0 amide bonds. The zero-order chi connectivity index (χ0) is 92.1. The van der Waals surface area contributed by atoms with Gasteiger partial charge in [-0.3, -0.25) is 0 Å². The van der Waals surface area contributed by atoms with Crippen LogP contribution in [0.25, 0.3) is 184 Å². The molecule has 20 aromatic carbocycles. The highest BCUT2D eigenvalue weighted by atomic mass is 32.1. The van der Waals surface area contributed by atoms with Gasteiger partial charge in [-0.2, -0.15) is 0 Å². The fourth-order valence-corrected chi connectivity index (χ4v) is 21.1. The van der Waals surface area contributed by atoms with Crippen molar-refractivity contribution in [2.75, 3.05) is 9.80 Å². The fourth-order valence-electron chi connectivity index (χ4n) is 18.5. The Morgan fingerprint density at radius 3 is 0.794 bits per heavy atom. The summed E-state index contributed by atoms with van der Waals surface area (Å²) in [5.41, 5.74) is 27.3. The smallest absolute Gasteiger partial charge is 0.0645 e. The molecule has 0 spiro atoms. The van der Waals surface area contributed by atoms with Gasteiger partial charge in [0.25, 0.3) is 0 Å². The number of hydrogen-bond donors (Lipinski definition) is 0. The van der Waals surface area contributed by atoms with Crippen molar-refractivity contribution in [2.24, 2.45) is 0 Å². The minimum atomic E-state index is -0.418. The molecule has 4 nitrogen and oxygen atoms in total. The van der Waals surface area contributed by atoms with E-state index in [0.29, 0.717) is 5.56 Å². The van der Waals surface area contributed by atoms with E-state index in [1.165, 1.54) is 47.6 Å². The second-order valence-corrected chi connectivity index (χ2v) is 33.5. The Balaban J connectivity index is 0.000000153. The van der Waals surface area contributed by atoms with Crippen LogP contribution in [-0.4, -0.2) is 9.13 Å². The minimum Gasteiger partial charge on any atom is -0.311 e. The predicted octanol–water partition coefficient (Wildman–Crippen LogP) is 34.6. The molecule has 6 heteroatoms. The Kier molecular flexibility index (Phi) is 16.7. The maximum atomic E-state index is 9.27. The van der Waals surface area contributed by atoms with Gasteiger partial charge in [0.2, 0.25) is 0 Å². The van der Waals surface area contributed by atoms with Gasteiger partial charge >= 0.3 is 0 Å². The largest absolute Gasteiger partial charge is 0.311 e. The van der Waals surface area contributed by atoms with Crippen LogP contribution in [0.3, 0.4) is 0 Å². The molecule has 0 radical (unpaired) electrons. The van der Waals surface area contributed by atoms with E-state index < -0.39 is 12.1 Å². The molecule has 0 saturated heterocycles. The Morgan fingerprint density at radius 2 is 0.444 bits per heavy atom. The van der Waals surface area contributed by atoms with Crippen LogP contribution in [0.5, 0.6) is 0 Å². The van der Waals surface area contributed by atoms with Gasteiger partial charge in [-0.05, 0) is 188 Å². The molecule has 4 aromatic heterocycles. The van der Waals surface area contributed by atoms with Crippen LogP contribution in [-0.2, 0) is 0 Å². The first kappa shape index (κ1) is 64.8. The Morgan fingerprint density at radius 1 is 0.190 bits per heavy atom. The van der Waals surface area contributed by atoms with Crippen molar-refractivity contribution < 1.29 is 13.7 Å². The van der Waals surface area contributed by atoms with E-state index in [1.54, 1.807) is 11.3 Å². The molecule has 0 aliphatic carbocycles. The molecule has 0 fully saturated rings. The Hall–Kier alpha value is -16.0. The van der Waals surface area contributed by atoms with Crippen molar-refractivity contribution in [3.05, 3.63) is 485 Å². The van der Waals surface area contributed by atoms with Crippen LogP contribution >= 0.6 is 22.7 Å². The van der Waals surface area contributed by atoms with E-state index in [0.717, 1.165) is 154 Å². The second-order valence-electron chi connectivity index (χ2n) is 31.3. The molecule has 4 heterocycles. The van der Waals surface area contributed by atoms with Crippen LogP contribution < -0.4 is 9.80 Å². The molecule has 126 heavy (non-hydrogen) atoms. The number of nitrogens with zero attached hydrogens (tertiary/aromatic N) is 4. The van der Waals surface area contributed by atoms with E-state index in [2.05, 4.69) is 354 Å². The summed E-state index contributed by atoms with van der Waals surface area (Å²) < 4.78 is 95.6. The Labute approximate surface area is 753 Å². The summed E-state index contributed by atoms with van der Waals surface area (Å²) in [6.07, 6.45) is 0. The summed E-state index contributed by atoms with van der Waals surface area (Å²) in [5.74, 6) is 0. The summed E-state index contributed by atoms with van der Waals surface area (Å²) in [5, 5.41) is 8.75. The van der Waals surface area contributed by atoms with E-state index >= 15 is 0 Å². The van der Waals surface area contributed by atoms with Crippen LogP contribution in [0.1, 0.15) is 13.7 Å². The lowest BCUT2D eigenvalue weighted by atomic mass is 9.88. The molecule has 0 aliphatic heterocycles. The number of anilines is 6. The third-order valence-corrected chi connectivity index (χ3v) is 26.5. The highest BCUT2D eigenvalue weighted by Crippen LogP contribution is 2.56. The number of aromatic nitrogens is 2. The average Bonchev–Trinajstić information content (AvgIpc) is 1.53. The lowest BCUT2D eigenvalue weighted by Crippen LogP contribution is -2.09. The number of rotatable bonds is 16. The zero-order valence-electron chi connectivity index (χ0n) is 78.0. The average molecular weight is 1650 g/mol. The van der Waals surface area contributed by atoms with Crippen molar-refractivity contribution in [2.45, 2.75) is 0 Å². The normalized spacial score (nSPS) is 12.6. The summed E-state index contributed by atoms with van der Waals surface area (Å²) in [4.78, 5) is 4.51. The molecule has 0 saturated carbocycles. The standard InChI is InChI=1S/2C60H40N2S/c2*1-5-17-41(18-6-1)43-29-35-48(36-30-43)61(49-37-31-44(32-38-49)42-19-7-2-8-20-42)50-39-33-46(34-40-50)56-55(45-21-9-3-10-22-45)57-51-25-13-15-27-53(51)62(47-23-11-4-12-24-47)59(57)58-52-26-14-16-28-54(52)63-60(56)58/h2*1-40H/i4D,11D,12D,23D,24D;1D,5D,6D,17D,18D. The van der Waals surface area contributed by atoms with Crippen LogP contribution in [0.15, 0.2) is 485 Å². The maximum absolute atomic E-state index is 9.27. The Bertz CT molecular complexity index is 8630. The van der Waals surface area contributed by atoms with Gasteiger partial charge in [-0.15, -0.1) is 22.7 Å². The first-order valence-electron chi connectivity index (χ1n) is 47.2. The highest BCUT2D eigenvalue weighted by Gasteiger charge is 2.30. The van der Waals surface area contributed by atoms with Crippen molar-refractivity contribution >= 4 is 141 Å². The van der Waals surface area contributed by atoms with Crippen molar-refractivity contribution in [1.82, 2.24) is 9.13 Å². The summed E-state index contributed by atoms with van der Waals surface area (Å²) in [6, 6.07) is 145. The van der Waals surface area contributed by atoms with E-state index in [-0.39, 0.29) is 59.6 Å². The number of hydrogen-bond acceptors (Lipinski definition) is 4. The maximum Gasteiger partial charge on any atom is 0.0645 e. The lowest BCUT2D eigenvalue weighted by molar-refractivity contribution is 1.19. The summed E-state index contributed by atoms with van der Waals surface area (Å²) in [7, 11) is 0. The van der Waals surface area contributed by atoms with Gasteiger partial charge in [0.05, 0.1) is 35.8 Å². The van der Waals surface area contributed by atoms with Gasteiger partial charge < -0.3 is 18.9 Å². The molecule has 0 unspecified atom stereocenters. The third kappa shape index (κ3) is 13.4.